The second kappa shape index (κ2) is 6.44. The predicted octanol–water partition coefficient (Wildman–Crippen LogP) is 1.37. The summed E-state index contributed by atoms with van der Waals surface area (Å²) in [6.45, 7) is 5.41. The van der Waals surface area contributed by atoms with Crippen LogP contribution in [0.15, 0.2) is 30.9 Å². The van der Waals surface area contributed by atoms with E-state index in [2.05, 4.69) is 11.9 Å². The summed E-state index contributed by atoms with van der Waals surface area (Å²) in [5.41, 5.74) is 0.902. The van der Waals surface area contributed by atoms with Crippen molar-refractivity contribution in [3.8, 4) is 5.75 Å². The third-order valence-electron chi connectivity index (χ3n) is 2.17. The molecule has 0 saturated heterocycles. The number of rotatable bonds is 6. The van der Waals surface area contributed by atoms with Crippen molar-refractivity contribution in [2.45, 2.75) is 6.92 Å². The van der Waals surface area contributed by atoms with Gasteiger partial charge in [0.15, 0.2) is 6.61 Å². The van der Waals surface area contributed by atoms with Crippen LogP contribution in [0.2, 0.25) is 0 Å². The van der Waals surface area contributed by atoms with E-state index in [0.29, 0.717) is 6.54 Å². The lowest BCUT2D eigenvalue weighted by molar-refractivity contribution is -0.122. The summed E-state index contributed by atoms with van der Waals surface area (Å²) in [6, 6.07) is 4.72. The van der Waals surface area contributed by atoms with Crippen LogP contribution < -0.4 is 10.1 Å². The normalized spacial score (nSPS) is 9.61. The average molecular weight is 249 g/mol. The maximum Gasteiger partial charge on any atom is 0.339 e. The van der Waals surface area contributed by atoms with Crippen molar-refractivity contribution in [3.05, 3.63) is 42.0 Å². The average Bonchev–Trinajstić information content (AvgIpc) is 2.33. The van der Waals surface area contributed by atoms with Gasteiger partial charge in [-0.05, 0) is 24.6 Å². The van der Waals surface area contributed by atoms with E-state index in [1.165, 1.54) is 6.07 Å². The summed E-state index contributed by atoms with van der Waals surface area (Å²) in [7, 11) is 0. The van der Waals surface area contributed by atoms with E-state index in [4.69, 9.17) is 9.84 Å². The molecule has 1 amide bonds. The highest BCUT2D eigenvalue weighted by atomic mass is 16.5. The molecule has 0 unspecified atom stereocenters. The monoisotopic (exact) mass is 249 g/mol. The summed E-state index contributed by atoms with van der Waals surface area (Å²) in [6.07, 6.45) is 1.55. The molecule has 0 aliphatic carbocycles. The van der Waals surface area contributed by atoms with Gasteiger partial charge in [-0.3, -0.25) is 4.79 Å². The first-order valence-corrected chi connectivity index (χ1v) is 5.39. The number of carbonyl (C=O) groups is 2. The van der Waals surface area contributed by atoms with E-state index in [9.17, 15) is 9.59 Å². The molecule has 0 saturated carbocycles. The lowest BCUT2D eigenvalue weighted by Crippen LogP contribution is -2.29. The van der Waals surface area contributed by atoms with Crippen LogP contribution in [0.4, 0.5) is 0 Å². The van der Waals surface area contributed by atoms with Gasteiger partial charge in [-0.1, -0.05) is 12.1 Å². The number of nitrogens with one attached hydrogen (secondary N) is 1. The molecule has 1 rings (SSSR count). The van der Waals surface area contributed by atoms with Gasteiger partial charge in [0.05, 0.1) is 0 Å². The van der Waals surface area contributed by atoms with Gasteiger partial charge in [0.2, 0.25) is 0 Å². The molecule has 1 aromatic carbocycles. The zero-order valence-electron chi connectivity index (χ0n) is 10.1. The Morgan fingerprint density at radius 3 is 2.83 bits per heavy atom. The molecular weight excluding hydrogens is 234 g/mol. The lowest BCUT2D eigenvalue weighted by Gasteiger charge is -2.09. The van der Waals surface area contributed by atoms with E-state index >= 15 is 0 Å². The third-order valence-corrected chi connectivity index (χ3v) is 2.17. The van der Waals surface area contributed by atoms with Crippen LogP contribution in [0.25, 0.3) is 0 Å². The van der Waals surface area contributed by atoms with Crippen LogP contribution in [0.3, 0.4) is 0 Å². The van der Waals surface area contributed by atoms with Gasteiger partial charge < -0.3 is 15.2 Å². The topological polar surface area (TPSA) is 75.6 Å². The van der Waals surface area contributed by atoms with E-state index in [1.807, 2.05) is 6.92 Å². The number of amides is 1. The molecule has 0 bridgehead atoms. The molecule has 0 atom stereocenters. The summed E-state index contributed by atoms with van der Waals surface area (Å²) < 4.78 is 5.21. The molecule has 0 aliphatic heterocycles. The second-order valence-electron chi connectivity index (χ2n) is 3.69. The zero-order chi connectivity index (χ0) is 13.5. The number of carboxylic acids is 1. The first-order chi connectivity index (χ1) is 8.54. The van der Waals surface area contributed by atoms with Gasteiger partial charge in [-0.2, -0.15) is 0 Å². The Bertz CT molecular complexity index is 468. The van der Waals surface area contributed by atoms with Crippen molar-refractivity contribution in [1.82, 2.24) is 5.32 Å². The fraction of sp³-hybridized carbons (Fsp3) is 0.231. The van der Waals surface area contributed by atoms with E-state index in [1.54, 1.807) is 18.2 Å². The first-order valence-electron chi connectivity index (χ1n) is 5.39. The van der Waals surface area contributed by atoms with E-state index in [0.717, 1.165) is 5.56 Å². The molecule has 5 nitrogen and oxygen atoms in total. The number of carbonyl (C=O) groups excluding carboxylic acids is 1. The van der Waals surface area contributed by atoms with E-state index < -0.39 is 5.97 Å². The van der Waals surface area contributed by atoms with Crippen LogP contribution in [-0.2, 0) is 4.79 Å². The van der Waals surface area contributed by atoms with Gasteiger partial charge in [-0.25, -0.2) is 4.79 Å². The van der Waals surface area contributed by atoms with Gasteiger partial charge in [0.25, 0.3) is 5.91 Å². The maximum atomic E-state index is 11.3. The minimum atomic E-state index is -1.09. The quantitative estimate of drug-likeness (QED) is 0.747. The van der Waals surface area contributed by atoms with Crippen molar-refractivity contribution in [1.29, 1.82) is 0 Å². The second-order valence-corrected chi connectivity index (χ2v) is 3.69. The highest BCUT2D eigenvalue weighted by molar-refractivity contribution is 5.91. The predicted molar refractivity (Wildman–Crippen MR) is 66.8 cm³/mol. The number of aromatic carboxylic acids is 1. The van der Waals surface area contributed by atoms with Gasteiger partial charge in [0.1, 0.15) is 11.3 Å². The Hall–Kier alpha value is -2.30. The fourth-order valence-corrected chi connectivity index (χ4v) is 1.31. The van der Waals surface area contributed by atoms with Crippen molar-refractivity contribution in [2.75, 3.05) is 13.2 Å². The molecule has 18 heavy (non-hydrogen) atoms. The largest absolute Gasteiger partial charge is 0.483 e. The maximum absolute atomic E-state index is 11.3. The summed E-state index contributed by atoms with van der Waals surface area (Å²) in [4.78, 5) is 22.3. The van der Waals surface area contributed by atoms with Gasteiger partial charge in [0, 0.05) is 6.54 Å². The van der Waals surface area contributed by atoms with Crippen molar-refractivity contribution >= 4 is 11.9 Å². The van der Waals surface area contributed by atoms with Crippen molar-refractivity contribution in [2.24, 2.45) is 0 Å². The molecule has 0 radical (unpaired) electrons. The highest BCUT2D eigenvalue weighted by Gasteiger charge is 2.12. The summed E-state index contributed by atoms with van der Waals surface area (Å²) in [5, 5.41) is 11.5. The number of hydrogen-bond donors (Lipinski definition) is 2. The lowest BCUT2D eigenvalue weighted by atomic mass is 10.1. The molecule has 1 aromatic rings. The third kappa shape index (κ3) is 3.93. The molecule has 0 fully saturated rings. The van der Waals surface area contributed by atoms with Crippen LogP contribution >= 0.6 is 0 Å². The molecule has 5 heteroatoms. The summed E-state index contributed by atoms with van der Waals surface area (Å²) in [5.74, 6) is -1.22. The standard InChI is InChI=1S/C13H15NO4/c1-3-6-14-12(15)8-18-11-7-9(2)4-5-10(11)13(16)17/h3-5,7H,1,6,8H2,2H3,(H,14,15)(H,16,17). The smallest absolute Gasteiger partial charge is 0.339 e. The number of aryl methyl sites for hydroxylation is 1. The van der Waals surface area contributed by atoms with Crippen molar-refractivity contribution < 1.29 is 19.4 Å². The van der Waals surface area contributed by atoms with Gasteiger partial charge >= 0.3 is 5.97 Å². The van der Waals surface area contributed by atoms with Crippen molar-refractivity contribution in [3.63, 3.8) is 0 Å². The minimum Gasteiger partial charge on any atom is -0.483 e. The number of carboxylic acid groups (broad SMARTS) is 1. The Morgan fingerprint density at radius 1 is 1.50 bits per heavy atom. The van der Waals surface area contributed by atoms with Crippen LogP contribution in [0.1, 0.15) is 15.9 Å². The molecule has 0 aliphatic rings. The minimum absolute atomic E-state index is 0.0390. The van der Waals surface area contributed by atoms with E-state index in [-0.39, 0.29) is 23.8 Å². The molecule has 96 valence electrons. The Balaban J connectivity index is 2.71. The molecule has 0 heterocycles. The Kier molecular flexibility index (Phi) is 4.92. The zero-order valence-corrected chi connectivity index (χ0v) is 10.1. The molecule has 0 spiro atoms. The SMILES string of the molecule is C=CCNC(=O)COc1cc(C)ccc1C(=O)O. The van der Waals surface area contributed by atoms with Crippen LogP contribution in [-0.4, -0.2) is 30.1 Å². The Morgan fingerprint density at radius 2 is 2.22 bits per heavy atom. The fourth-order valence-electron chi connectivity index (χ4n) is 1.31. The van der Waals surface area contributed by atoms with Crippen LogP contribution in [0, 0.1) is 6.92 Å². The first kappa shape index (κ1) is 13.8. The highest BCUT2D eigenvalue weighted by Crippen LogP contribution is 2.20. The molecule has 0 aromatic heterocycles. The van der Waals surface area contributed by atoms with Gasteiger partial charge in [-0.15, -0.1) is 6.58 Å². The summed E-state index contributed by atoms with van der Waals surface area (Å²) >= 11 is 0. The number of ether oxygens (including phenoxy) is 1. The number of benzene rings is 1. The molecular formula is C13H15NO4. The van der Waals surface area contributed by atoms with Crippen LogP contribution in [0.5, 0.6) is 5.75 Å². The molecule has 2 N–H and O–H groups in total. The Labute approximate surface area is 105 Å². The number of hydrogen-bond acceptors (Lipinski definition) is 3.